The second kappa shape index (κ2) is 4.70. The van der Waals surface area contributed by atoms with Gasteiger partial charge in [-0.05, 0) is 36.5 Å². The Morgan fingerprint density at radius 1 is 1.05 bits per heavy atom. The van der Waals surface area contributed by atoms with Crippen LogP contribution in [-0.4, -0.2) is 10.1 Å². The van der Waals surface area contributed by atoms with E-state index >= 15 is 0 Å². The first-order valence-electron chi connectivity index (χ1n) is 5.76. The molecule has 0 bridgehead atoms. The number of nitrogens with zero attached hydrogens (tertiary/aromatic N) is 2. The molecule has 0 aliphatic heterocycles. The fraction of sp³-hybridized carbons (Fsp3) is 0. The number of nitrogens with two attached hydrogens (primary N) is 1. The van der Waals surface area contributed by atoms with Crippen LogP contribution >= 0.6 is 12.2 Å². The van der Waals surface area contributed by atoms with Crippen LogP contribution in [0.3, 0.4) is 0 Å². The Balaban J connectivity index is 2.12. The largest absolute Gasteiger partial charge is 0.423 e. The van der Waals surface area contributed by atoms with Crippen LogP contribution in [0.25, 0.3) is 11.1 Å². The van der Waals surface area contributed by atoms with Crippen LogP contribution in [0.15, 0.2) is 59.0 Å². The molecule has 4 nitrogen and oxygen atoms in total. The molecule has 0 atom stereocenters. The summed E-state index contributed by atoms with van der Waals surface area (Å²) < 4.78 is 5.69. The summed E-state index contributed by atoms with van der Waals surface area (Å²) in [7, 11) is 0. The number of benzene rings is 2. The minimum atomic E-state index is 0.192. The molecule has 1 aromatic heterocycles. The van der Waals surface area contributed by atoms with Crippen LogP contribution in [0, 0.1) is 0 Å². The number of para-hydroxylation sites is 3. The molecule has 0 fully saturated rings. The van der Waals surface area contributed by atoms with E-state index in [2.05, 4.69) is 4.98 Å². The highest BCUT2D eigenvalue weighted by Gasteiger charge is 2.18. The van der Waals surface area contributed by atoms with Gasteiger partial charge in [0.1, 0.15) is 5.52 Å². The maximum atomic E-state index is 5.78. The van der Waals surface area contributed by atoms with Gasteiger partial charge < -0.3 is 10.2 Å². The number of hydrogen-bond acceptors (Lipinski definition) is 3. The summed E-state index contributed by atoms with van der Waals surface area (Å²) in [5, 5.41) is 0.192. The van der Waals surface area contributed by atoms with E-state index in [1.807, 2.05) is 54.6 Å². The average Bonchev–Trinajstić information content (AvgIpc) is 2.82. The van der Waals surface area contributed by atoms with Gasteiger partial charge >= 0.3 is 6.01 Å². The van der Waals surface area contributed by atoms with Crippen molar-refractivity contribution in [3.05, 3.63) is 54.6 Å². The van der Waals surface area contributed by atoms with E-state index < -0.39 is 0 Å². The van der Waals surface area contributed by atoms with Crippen molar-refractivity contribution in [2.24, 2.45) is 5.73 Å². The van der Waals surface area contributed by atoms with Gasteiger partial charge in [-0.2, -0.15) is 4.98 Å². The maximum Gasteiger partial charge on any atom is 0.309 e. The van der Waals surface area contributed by atoms with Crippen molar-refractivity contribution >= 4 is 40.1 Å². The Labute approximate surface area is 115 Å². The fourth-order valence-electron chi connectivity index (χ4n) is 1.86. The number of thiocarbonyl (C=S) groups is 1. The minimum Gasteiger partial charge on any atom is -0.423 e. The number of rotatable bonds is 2. The lowest BCUT2D eigenvalue weighted by molar-refractivity contribution is 0.611. The first-order valence-corrected chi connectivity index (χ1v) is 6.17. The lowest BCUT2D eigenvalue weighted by Gasteiger charge is -2.17. The van der Waals surface area contributed by atoms with Crippen LogP contribution in [-0.2, 0) is 0 Å². The monoisotopic (exact) mass is 269 g/mol. The molecule has 3 aromatic rings. The molecule has 0 spiro atoms. The van der Waals surface area contributed by atoms with Gasteiger partial charge in [0, 0.05) is 0 Å². The zero-order valence-corrected chi connectivity index (χ0v) is 10.8. The third kappa shape index (κ3) is 2.15. The van der Waals surface area contributed by atoms with E-state index in [1.54, 1.807) is 4.90 Å². The molecule has 2 N–H and O–H groups in total. The smallest absolute Gasteiger partial charge is 0.309 e. The topological polar surface area (TPSA) is 55.3 Å². The predicted octanol–water partition coefficient (Wildman–Crippen LogP) is 3.21. The van der Waals surface area contributed by atoms with E-state index in [9.17, 15) is 0 Å². The summed E-state index contributed by atoms with van der Waals surface area (Å²) in [6, 6.07) is 17.4. The number of hydrogen-bond donors (Lipinski definition) is 1. The highest BCUT2D eigenvalue weighted by Crippen LogP contribution is 2.27. The molecule has 1 heterocycles. The van der Waals surface area contributed by atoms with Gasteiger partial charge in [0.25, 0.3) is 0 Å². The Morgan fingerprint density at radius 3 is 2.42 bits per heavy atom. The van der Waals surface area contributed by atoms with E-state index in [0.717, 1.165) is 11.2 Å². The molecule has 0 aliphatic carbocycles. The Bertz CT molecular complexity index is 691. The van der Waals surface area contributed by atoms with Gasteiger partial charge in [0.15, 0.2) is 10.7 Å². The van der Waals surface area contributed by atoms with Crippen molar-refractivity contribution in [2.45, 2.75) is 0 Å². The van der Waals surface area contributed by atoms with Crippen LogP contribution in [0.2, 0.25) is 0 Å². The van der Waals surface area contributed by atoms with Crippen LogP contribution in [0.1, 0.15) is 0 Å². The molecule has 0 saturated heterocycles. The molecule has 0 aliphatic rings. The van der Waals surface area contributed by atoms with Gasteiger partial charge in [0.05, 0.1) is 5.69 Å². The third-order valence-corrected chi connectivity index (χ3v) is 2.89. The lowest BCUT2D eigenvalue weighted by Crippen LogP contribution is -2.31. The minimum absolute atomic E-state index is 0.192. The molecule has 0 saturated carbocycles. The first kappa shape index (κ1) is 11.7. The Hall–Kier alpha value is -2.40. The van der Waals surface area contributed by atoms with Crippen molar-refractivity contribution < 1.29 is 4.42 Å². The highest BCUT2D eigenvalue weighted by atomic mass is 32.1. The van der Waals surface area contributed by atoms with Gasteiger partial charge in [-0.3, -0.25) is 0 Å². The molecule has 0 radical (unpaired) electrons. The zero-order valence-electron chi connectivity index (χ0n) is 9.98. The second-order valence-electron chi connectivity index (χ2n) is 3.97. The van der Waals surface area contributed by atoms with E-state index in [1.165, 1.54) is 0 Å². The average molecular weight is 269 g/mol. The quantitative estimate of drug-likeness (QED) is 0.724. The zero-order chi connectivity index (χ0) is 13.2. The molecule has 0 amide bonds. The standard InChI is InChI=1S/C14H11N3OS/c15-13(19)17(10-6-2-1-3-7-10)14-16-11-8-4-5-9-12(11)18-14/h1-9H,(H2,15,19). The summed E-state index contributed by atoms with van der Waals surface area (Å²) in [4.78, 5) is 6.01. The van der Waals surface area contributed by atoms with E-state index in [4.69, 9.17) is 22.4 Å². The molecule has 5 heteroatoms. The van der Waals surface area contributed by atoms with Crippen molar-refractivity contribution in [1.82, 2.24) is 4.98 Å². The summed E-state index contributed by atoms with van der Waals surface area (Å²) in [5.41, 5.74) is 8.08. The second-order valence-corrected chi connectivity index (χ2v) is 4.39. The van der Waals surface area contributed by atoms with Gasteiger partial charge in [-0.1, -0.05) is 30.3 Å². The van der Waals surface area contributed by atoms with Crippen LogP contribution < -0.4 is 10.6 Å². The summed E-state index contributed by atoms with van der Waals surface area (Å²) in [6.45, 7) is 0. The molecular weight excluding hydrogens is 258 g/mol. The van der Waals surface area contributed by atoms with Crippen LogP contribution in [0.5, 0.6) is 0 Å². The number of oxazole rings is 1. The van der Waals surface area contributed by atoms with E-state index in [-0.39, 0.29) is 5.11 Å². The molecule has 19 heavy (non-hydrogen) atoms. The number of aromatic nitrogens is 1. The third-order valence-electron chi connectivity index (χ3n) is 2.71. The maximum absolute atomic E-state index is 5.78. The number of fused-ring (bicyclic) bond motifs is 1. The SMILES string of the molecule is NC(=S)N(c1ccccc1)c1nc2ccccc2o1. The molecule has 94 valence electrons. The molecule has 0 unspecified atom stereocenters. The Morgan fingerprint density at radius 2 is 1.74 bits per heavy atom. The predicted molar refractivity (Wildman–Crippen MR) is 79.4 cm³/mol. The van der Waals surface area contributed by atoms with Crippen molar-refractivity contribution in [3.8, 4) is 0 Å². The molecule has 2 aromatic carbocycles. The van der Waals surface area contributed by atoms with Crippen molar-refractivity contribution in [2.75, 3.05) is 4.90 Å². The molecular formula is C14H11N3OS. The fourth-order valence-corrected chi connectivity index (χ4v) is 2.05. The van der Waals surface area contributed by atoms with Gasteiger partial charge in [0.2, 0.25) is 0 Å². The van der Waals surface area contributed by atoms with E-state index in [0.29, 0.717) is 11.6 Å². The summed E-state index contributed by atoms with van der Waals surface area (Å²) in [6.07, 6.45) is 0. The van der Waals surface area contributed by atoms with Crippen molar-refractivity contribution in [1.29, 1.82) is 0 Å². The van der Waals surface area contributed by atoms with Crippen LogP contribution in [0.4, 0.5) is 11.7 Å². The van der Waals surface area contributed by atoms with Crippen molar-refractivity contribution in [3.63, 3.8) is 0 Å². The summed E-state index contributed by atoms with van der Waals surface area (Å²) in [5.74, 6) is 0. The Kier molecular flexibility index (Phi) is 2.89. The molecule has 3 rings (SSSR count). The lowest BCUT2D eigenvalue weighted by atomic mass is 10.3. The van der Waals surface area contributed by atoms with Gasteiger partial charge in [-0.15, -0.1) is 0 Å². The van der Waals surface area contributed by atoms with Gasteiger partial charge in [-0.25, -0.2) is 4.90 Å². The number of anilines is 2. The highest BCUT2D eigenvalue weighted by molar-refractivity contribution is 7.80. The summed E-state index contributed by atoms with van der Waals surface area (Å²) >= 11 is 5.09. The normalized spacial score (nSPS) is 10.5. The first-order chi connectivity index (χ1) is 9.25.